The number of rotatable bonds is 5. The van der Waals surface area contributed by atoms with Crippen LogP contribution < -0.4 is 0 Å². The van der Waals surface area contributed by atoms with E-state index in [0.29, 0.717) is 0 Å². The highest BCUT2D eigenvalue weighted by Crippen LogP contribution is 2.23. The van der Waals surface area contributed by atoms with E-state index in [2.05, 4.69) is 9.47 Å². The number of aliphatic hydroxyl groups is 1. The molecule has 0 fully saturated rings. The summed E-state index contributed by atoms with van der Waals surface area (Å²) in [5.41, 5.74) is -0.444. The molecular formula is C12H14F2O4. The highest BCUT2D eigenvalue weighted by molar-refractivity contribution is 5.76. The third kappa shape index (κ3) is 3.02. The fraction of sp³-hybridized carbons (Fsp3) is 0.417. The van der Waals surface area contributed by atoms with Crippen LogP contribution in [0.25, 0.3) is 0 Å². The number of hydrogen-bond donors (Lipinski definition) is 1. The average Bonchev–Trinajstić information content (AvgIpc) is 2.35. The van der Waals surface area contributed by atoms with E-state index in [0.717, 1.165) is 6.07 Å². The van der Waals surface area contributed by atoms with Crippen molar-refractivity contribution in [2.75, 3.05) is 13.7 Å². The van der Waals surface area contributed by atoms with E-state index < -0.39 is 29.3 Å². The minimum Gasteiger partial charge on any atom is -0.464 e. The number of aliphatic hydroxyl groups excluding tert-OH is 1. The smallest absolute Gasteiger partial charge is 0.339 e. The molecule has 1 unspecified atom stereocenters. The molecular weight excluding hydrogens is 246 g/mol. The Morgan fingerprint density at radius 3 is 2.61 bits per heavy atom. The van der Waals surface area contributed by atoms with E-state index in [4.69, 9.17) is 0 Å². The van der Waals surface area contributed by atoms with E-state index in [1.165, 1.54) is 13.2 Å². The van der Waals surface area contributed by atoms with Crippen LogP contribution in [0.15, 0.2) is 12.1 Å². The Morgan fingerprint density at radius 1 is 1.39 bits per heavy atom. The molecule has 0 aliphatic rings. The van der Waals surface area contributed by atoms with E-state index in [1.807, 2.05) is 0 Å². The lowest BCUT2D eigenvalue weighted by Gasteiger charge is -2.12. The summed E-state index contributed by atoms with van der Waals surface area (Å²) < 4.78 is 36.4. The molecule has 1 N–H and O–H groups in total. The van der Waals surface area contributed by atoms with Gasteiger partial charge in [-0.3, -0.25) is 0 Å². The zero-order chi connectivity index (χ0) is 13.7. The average molecular weight is 260 g/mol. The van der Waals surface area contributed by atoms with Crippen molar-refractivity contribution in [3.05, 3.63) is 34.9 Å². The molecule has 1 rings (SSSR count). The summed E-state index contributed by atoms with van der Waals surface area (Å²) in [5, 5.41) is 9.53. The lowest BCUT2D eigenvalue weighted by molar-refractivity contribution is -0.153. The van der Waals surface area contributed by atoms with E-state index in [9.17, 15) is 18.7 Å². The van der Waals surface area contributed by atoms with Crippen molar-refractivity contribution < 1.29 is 28.2 Å². The monoisotopic (exact) mass is 260 g/mol. The second-order valence-corrected chi connectivity index (χ2v) is 3.53. The zero-order valence-corrected chi connectivity index (χ0v) is 10.1. The molecule has 6 heteroatoms. The summed E-state index contributed by atoms with van der Waals surface area (Å²) in [6.45, 7) is 1.49. The number of methoxy groups -OCH3 is 1. The number of carbonyl (C=O) groups excluding carboxylic acids is 1. The number of benzene rings is 1. The molecule has 0 aliphatic carbocycles. The van der Waals surface area contributed by atoms with Gasteiger partial charge in [0.25, 0.3) is 0 Å². The van der Waals surface area contributed by atoms with Crippen LogP contribution in [0.3, 0.4) is 0 Å². The molecule has 4 nitrogen and oxygen atoms in total. The van der Waals surface area contributed by atoms with Gasteiger partial charge in [0.2, 0.25) is 0 Å². The zero-order valence-electron chi connectivity index (χ0n) is 10.1. The topological polar surface area (TPSA) is 55.8 Å². The standard InChI is InChI=1S/C12H14F2O4/c1-3-18-12(16)11(15)8-5-4-7(6-17-2)9(13)10(8)14/h4-5,11,15H,3,6H2,1-2H3. The van der Waals surface area contributed by atoms with E-state index >= 15 is 0 Å². The Morgan fingerprint density at radius 2 is 2.06 bits per heavy atom. The second kappa shape index (κ2) is 6.42. The summed E-state index contributed by atoms with van der Waals surface area (Å²) in [6.07, 6.45) is -1.84. The molecule has 1 aromatic carbocycles. The van der Waals surface area contributed by atoms with Gasteiger partial charge in [-0.15, -0.1) is 0 Å². The molecule has 0 bridgehead atoms. The molecule has 0 amide bonds. The highest BCUT2D eigenvalue weighted by Gasteiger charge is 2.25. The first-order valence-corrected chi connectivity index (χ1v) is 5.33. The lowest BCUT2D eigenvalue weighted by atomic mass is 10.1. The van der Waals surface area contributed by atoms with E-state index in [1.54, 1.807) is 6.92 Å². The molecule has 1 atom stereocenters. The van der Waals surface area contributed by atoms with Gasteiger partial charge in [-0.05, 0) is 6.92 Å². The van der Waals surface area contributed by atoms with Crippen molar-refractivity contribution in [3.63, 3.8) is 0 Å². The highest BCUT2D eigenvalue weighted by atomic mass is 19.2. The van der Waals surface area contributed by atoms with Gasteiger partial charge >= 0.3 is 5.97 Å². The summed E-state index contributed by atoms with van der Waals surface area (Å²) in [6, 6.07) is 2.38. The van der Waals surface area contributed by atoms with Crippen LogP contribution >= 0.6 is 0 Å². The van der Waals surface area contributed by atoms with Crippen LogP contribution in [-0.2, 0) is 20.9 Å². The van der Waals surface area contributed by atoms with Gasteiger partial charge in [-0.2, -0.15) is 0 Å². The molecule has 0 aliphatic heterocycles. The van der Waals surface area contributed by atoms with Gasteiger partial charge in [0.05, 0.1) is 13.2 Å². The maximum Gasteiger partial charge on any atom is 0.339 e. The quantitative estimate of drug-likeness (QED) is 0.819. The van der Waals surface area contributed by atoms with Crippen LogP contribution in [0.1, 0.15) is 24.2 Å². The summed E-state index contributed by atoms with van der Waals surface area (Å²) in [5.74, 6) is -3.43. The number of ether oxygens (including phenoxy) is 2. The van der Waals surface area contributed by atoms with Crippen molar-refractivity contribution in [2.24, 2.45) is 0 Å². The van der Waals surface area contributed by atoms with Crippen LogP contribution in [0.5, 0.6) is 0 Å². The SMILES string of the molecule is CCOC(=O)C(O)c1ccc(COC)c(F)c1F. The van der Waals surface area contributed by atoms with Gasteiger partial charge in [0.1, 0.15) is 0 Å². The maximum absolute atomic E-state index is 13.6. The molecule has 18 heavy (non-hydrogen) atoms. The molecule has 0 spiro atoms. The first-order valence-electron chi connectivity index (χ1n) is 5.33. The number of hydrogen-bond acceptors (Lipinski definition) is 4. The Balaban J connectivity index is 3.04. The third-order valence-electron chi connectivity index (χ3n) is 2.30. The minimum absolute atomic E-state index is 0.00908. The van der Waals surface area contributed by atoms with Gasteiger partial charge in [-0.25, -0.2) is 13.6 Å². The molecule has 0 radical (unpaired) electrons. The van der Waals surface area contributed by atoms with Crippen LogP contribution in [0.4, 0.5) is 8.78 Å². The fourth-order valence-corrected chi connectivity index (χ4v) is 1.43. The number of carbonyl (C=O) groups is 1. The van der Waals surface area contributed by atoms with Gasteiger partial charge in [0, 0.05) is 18.2 Å². The van der Waals surface area contributed by atoms with Crippen molar-refractivity contribution >= 4 is 5.97 Å². The molecule has 0 aromatic heterocycles. The van der Waals surface area contributed by atoms with Crippen molar-refractivity contribution in [1.29, 1.82) is 0 Å². The normalized spacial score (nSPS) is 12.3. The number of halogens is 2. The Bertz CT molecular complexity index is 434. The predicted molar refractivity (Wildman–Crippen MR) is 58.7 cm³/mol. The minimum atomic E-state index is -1.84. The van der Waals surface area contributed by atoms with Crippen molar-refractivity contribution in [1.82, 2.24) is 0 Å². The summed E-state index contributed by atoms with van der Waals surface area (Å²) in [4.78, 5) is 11.2. The maximum atomic E-state index is 13.6. The molecule has 1 aromatic rings. The van der Waals surface area contributed by atoms with Crippen LogP contribution in [0.2, 0.25) is 0 Å². The Labute approximate surface area is 103 Å². The Hall–Kier alpha value is -1.53. The Kier molecular flexibility index (Phi) is 5.18. The second-order valence-electron chi connectivity index (χ2n) is 3.53. The van der Waals surface area contributed by atoms with Crippen LogP contribution in [-0.4, -0.2) is 24.8 Å². The molecule has 0 saturated carbocycles. The van der Waals surface area contributed by atoms with Gasteiger partial charge in [-0.1, -0.05) is 12.1 Å². The predicted octanol–water partition coefficient (Wildman–Crippen LogP) is 1.71. The van der Waals surface area contributed by atoms with Crippen LogP contribution in [0, 0.1) is 11.6 Å². The van der Waals surface area contributed by atoms with Gasteiger partial charge < -0.3 is 14.6 Å². The summed E-state index contributed by atoms with van der Waals surface area (Å²) in [7, 11) is 1.35. The van der Waals surface area contributed by atoms with E-state index in [-0.39, 0.29) is 18.8 Å². The number of esters is 1. The molecule has 100 valence electrons. The third-order valence-corrected chi connectivity index (χ3v) is 2.30. The first-order chi connectivity index (χ1) is 8.52. The molecule has 0 heterocycles. The van der Waals surface area contributed by atoms with Crippen molar-refractivity contribution in [2.45, 2.75) is 19.6 Å². The first kappa shape index (κ1) is 14.5. The fourth-order valence-electron chi connectivity index (χ4n) is 1.43. The lowest BCUT2D eigenvalue weighted by Crippen LogP contribution is -2.17. The van der Waals surface area contributed by atoms with Gasteiger partial charge in [0.15, 0.2) is 17.7 Å². The summed E-state index contributed by atoms with van der Waals surface area (Å²) >= 11 is 0. The van der Waals surface area contributed by atoms with Crippen molar-refractivity contribution in [3.8, 4) is 0 Å². The largest absolute Gasteiger partial charge is 0.464 e. The molecule has 0 saturated heterocycles.